The molecule has 0 spiro atoms. The van der Waals surface area contributed by atoms with Crippen molar-refractivity contribution in [2.75, 3.05) is 0 Å². The first-order valence-corrected chi connectivity index (χ1v) is 6.91. The fraction of sp³-hybridized carbons (Fsp3) is 0.0769. The van der Waals surface area contributed by atoms with Crippen LogP contribution in [0.2, 0.25) is 0 Å². The van der Waals surface area contributed by atoms with Crippen LogP contribution in [0.25, 0.3) is 0 Å². The maximum atomic E-state index is 13.9. The molecule has 0 saturated carbocycles. The molecule has 1 unspecified atom stereocenters. The molecule has 2 aromatic rings. The van der Waals surface area contributed by atoms with E-state index in [0.717, 1.165) is 9.13 Å². The van der Waals surface area contributed by atoms with E-state index in [-0.39, 0.29) is 5.82 Å². The molecule has 0 amide bonds. The van der Waals surface area contributed by atoms with Gasteiger partial charge in [-0.25, -0.2) is 4.39 Å². The number of nitrogens with two attached hydrogens (primary N) is 1. The van der Waals surface area contributed by atoms with E-state index < -0.39 is 6.04 Å². The van der Waals surface area contributed by atoms with Gasteiger partial charge in [-0.3, -0.25) is 0 Å². The molecule has 2 aromatic carbocycles. The van der Waals surface area contributed by atoms with Gasteiger partial charge in [0.15, 0.2) is 0 Å². The van der Waals surface area contributed by atoms with Crippen molar-refractivity contribution in [1.82, 2.24) is 0 Å². The van der Waals surface area contributed by atoms with Crippen molar-refractivity contribution >= 4 is 38.5 Å². The van der Waals surface area contributed by atoms with E-state index in [0.29, 0.717) is 10.0 Å². The number of benzene rings is 2. The summed E-state index contributed by atoms with van der Waals surface area (Å²) in [5.74, 6) is -0.293. The van der Waals surface area contributed by atoms with Gasteiger partial charge in [0.25, 0.3) is 0 Å². The largest absolute Gasteiger partial charge is 0.320 e. The normalized spacial score (nSPS) is 12.5. The summed E-state index contributed by atoms with van der Waals surface area (Å²) in [6.45, 7) is 0. The van der Waals surface area contributed by atoms with Crippen LogP contribution in [-0.4, -0.2) is 0 Å². The molecule has 0 radical (unpaired) electrons. The average molecular weight is 406 g/mol. The van der Waals surface area contributed by atoms with Crippen LogP contribution < -0.4 is 5.73 Å². The summed E-state index contributed by atoms with van der Waals surface area (Å²) in [7, 11) is 0. The van der Waals surface area contributed by atoms with Crippen LogP contribution in [0.15, 0.2) is 46.9 Å². The smallest absolute Gasteiger partial charge is 0.142 e. The highest BCUT2D eigenvalue weighted by molar-refractivity contribution is 14.1. The van der Waals surface area contributed by atoms with Crippen LogP contribution in [0.5, 0.6) is 0 Å². The quantitative estimate of drug-likeness (QED) is 0.743. The lowest BCUT2D eigenvalue weighted by Crippen LogP contribution is -2.13. The second-order valence-electron chi connectivity index (χ2n) is 3.67. The number of hydrogen-bond acceptors (Lipinski definition) is 1. The Morgan fingerprint density at radius 2 is 1.76 bits per heavy atom. The summed E-state index contributed by atoms with van der Waals surface area (Å²) in [5, 5.41) is 0. The van der Waals surface area contributed by atoms with Gasteiger partial charge in [-0.05, 0) is 62.3 Å². The topological polar surface area (TPSA) is 26.0 Å². The van der Waals surface area contributed by atoms with E-state index in [1.54, 1.807) is 18.2 Å². The molecule has 0 aliphatic heterocycles. The lowest BCUT2D eigenvalue weighted by molar-refractivity contribution is 0.593. The minimum atomic E-state index is -0.440. The van der Waals surface area contributed by atoms with Gasteiger partial charge >= 0.3 is 0 Å². The highest BCUT2D eigenvalue weighted by Crippen LogP contribution is 2.26. The van der Waals surface area contributed by atoms with E-state index in [4.69, 9.17) is 5.73 Å². The van der Waals surface area contributed by atoms with Crippen LogP contribution in [0.3, 0.4) is 0 Å². The summed E-state index contributed by atoms with van der Waals surface area (Å²) in [4.78, 5) is 0. The Balaban J connectivity index is 2.40. The Morgan fingerprint density at radius 1 is 1.12 bits per heavy atom. The molecular weight excluding hydrogens is 396 g/mol. The zero-order chi connectivity index (χ0) is 12.4. The van der Waals surface area contributed by atoms with Gasteiger partial charge in [0.05, 0.1) is 10.5 Å². The molecule has 1 atom stereocenters. The predicted octanol–water partition coefficient (Wildman–Crippen LogP) is 4.24. The highest BCUT2D eigenvalue weighted by atomic mass is 127. The maximum absolute atomic E-state index is 13.9. The first-order chi connectivity index (χ1) is 8.09. The molecule has 4 heteroatoms. The first-order valence-electron chi connectivity index (χ1n) is 5.04. The van der Waals surface area contributed by atoms with Crippen LogP contribution >= 0.6 is 38.5 Å². The molecule has 0 aliphatic carbocycles. The van der Waals surface area contributed by atoms with Gasteiger partial charge < -0.3 is 5.73 Å². The number of halogens is 3. The van der Waals surface area contributed by atoms with Crippen LogP contribution in [0, 0.1) is 9.39 Å². The maximum Gasteiger partial charge on any atom is 0.142 e. The van der Waals surface area contributed by atoms with E-state index in [2.05, 4.69) is 38.5 Å². The minimum Gasteiger partial charge on any atom is -0.320 e. The van der Waals surface area contributed by atoms with E-state index >= 15 is 0 Å². The van der Waals surface area contributed by atoms with Crippen molar-refractivity contribution in [3.8, 4) is 0 Å². The average Bonchev–Trinajstić information content (AvgIpc) is 2.33. The SMILES string of the molecule is NC(c1ccc(I)cc1)c1cccc(Br)c1F. The van der Waals surface area contributed by atoms with Crippen LogP contribution in [-0.2, 0) is 0 Å². The monoisotopic (exact) mass is 405 g/mol. The summed E-state index contributed by atoms with van der Waals surface area (Å²) in [6, 6.07) is 12.5. The Labute approximate surface area is 121 Å². The molecule has 0 heterocycles. The molecule has 2 N–H and O–H groups in total. The fourth-order valence-corrected chi connectivity index (χ4v) is 2.35. The third kappa shape index (κ3) is 2.86. The summed E-state index contributed by atoms with van der Waals surface area (Å²) in [5.41, 5.74) is 7.48. The molecule has 0 saturated heterocycles. The number of rotatable bonds is 2. The summed E-state index contributed by atoms with van der Waals surface area (Å²) in [6.07, 6.45) is 0. The van der Waals surface area contributed by atoms with Crippen molar-refractivity contribution in [3.05, 3.63) is 67.5 Å². The summed E-state index contributed by atoms with van der Waals surface area (Å²) < 4.78 is 15.5. The predicted molar refractivity (Wildman–Crippen MR) is 79.3 cm³/mol. The van der Waals surface area contributed by atoms with Gasteiger partial charge in [-0.2, -0.15) is 0 Å². The fourth-order valence-electron chi connectivity index (χ4n) is 1.61. The first kappa shape index (κ1) is 13.0. The van der Waals surface area contributed by atoms with Gasteiger partial charge in [-0.1, -0.05) is 24.3 Å². The second-order valence-corrected chi connectivity index (χ2v) is 5.77. The standard InChI is InChI=1S/C13H10BrFIN/c14-11-3-1-2-10(12(11)15)13(17)8-4-6-9(16)7-5-8/h1-7,13H,17H2. The van der Waals surface area contributed by atoms with Gasteiger partial charge in [-0.15, -0.1) is 0 Å². The van der Waals surface area contributed by atoms with Gasteiger partial charge in [0.1, 0.15) is 5.82 Å². The van der Waals surface area contributed by atoms with Crippen molar-refractivity contribution in [3.63, 3.8) is 0 Å². The Bertz CT molecular complexity index is 527. The molecule has 1 nitrogen and oxygen atoms in total. The van der Waals surface area contributed by atoms with E-state index in [1.807, 2.05) is 24.3 Å². The van der Waals surface area contributed by atoms with Crippen molar-refractivity contribution in [2.45, 2.75) is 6.04 Å². The zero-order valence-electron chi connectivity index (χ0n) is 8.83. The minimum absolute atomic E-state index is 0.293. The third-order valence-corrected chi connectivity index (χ3v) is 3.88. The highest BCUT2D eigenvalue weighted by Gasteiger charge is 2.14. The lowest BCUT2D eigenvalue weighted by Gasteiger charge is -2.14. The third-order valence-electron chi connectivity index (χ3n) is 2.55. The molecular formula is C13H10BrFIN. The second kappa shape index (κ2) is 5.46. The molecule has 0 aromatic heterocycles. The van der Waals surface area contributed by atoms with Gasteiger partial charge in [0.2, 0.25) is 0 Å². The number of hydrogen-bond donors (Lipinski definition) is 1. The van der Waals surface area contributed by atoms with Gasteiger partial charge in [0, 0.05) is 9.13 Å². The molecule has 88 valence electrons. The van der Waals surface area contributed by atoms with Crippen LogP contribution in [0.1, 0.15) is 17.2 Å². The molecule has 0 fully saturated rings. The Kier molecular flexibility index (Phi) is 4.17. The van der Waals surface area contributed by atoms with Crippen LogP contribution in [0.4, 0.5) is 4.39 Å². The molecule has 17 heavy (non-hydrogen) atoms. The summed E-state index contributed by atoms with van der Waals surface area (Å²) >= 11 is 5.39. The zero-order valence-corrected chi connectivity index (χ0v) is 12.6. The van der Waals surface area contributed by atoms with Crippen molar-refractivity contribution in [2.24, 2.45) is 5.73 Å². The Hall–Kier alpha value is -0.460. The van der Waals surface area contributed by atoms with E-state index in [1.165, 1.54) is 0 Å². The molecule has 0 aliphatic rings. The molecule has 2 rings (SSSR count). The van der Waals surface area contributed by atoms with E-state index in [9.17, 15) is 4.39 Å². The molecule has 0 bridgehead atoms. The van der Waals surface area contributed by atoms with Crippen molar-refractivity contribution in [1.29, 1.82) is 0 Å². The lowest BCUT2D eigenvalue weighted by atomic mass is 9.99. The van der Waals surface area contributed by atoms with Crippen molar-refractivity contribution < 1.29 is 4.39 Å². The Morgan fingerprint density at radius 3 is 2.41 bits per heavy atom.